The third-order valence-electron chi connectivity index (χ3n) is 7.19. The van der Waals surface area contributed by atoms with E-state index >= 15 is 0 Å². The molecule has 0 aromatic heterocycles. The molecule has 2 rings (SSSR count). The SMILES string of the molecule is COC(=O)CCC1(C/C(=C/COC2CCCCO2)CO[Si](C)(C)C(C)(C)C)C(=O)OC(C)(C)OC1=O. The third kappa shape index (κ3) is 8.13. The molecule has 0 aromatic carbocycles. The molecule has 2 aliphatic heterocycles. The van der Waals surface area contributed by atoms with Gasteiger partial charge in [-0.2, -0.15) is 0 Å². The fourth-order valence-electron chi connectivity index (χ4n) is 3.78. The van der Waals surface area contributed by atoms with Crippen molar-refractivity contribution >= 4 is 26.2 Å². The molecule has 0 spiro atoms. The van der Waals surface area contributed by atoms with E-state index in [4.69, 9.17) is 28.1 Å². The molecule has 206 valence electrons. The Morgan fingerprint density at radius 3 is 2.31 bits per heavy atom. The molecule has 0 aromatic rings. The van der Waals surface area contributed by atoms with E-state index < -0.39 is 37.4 Å². The van der Waals surface area contributed by atoms with Crippen molar-refractivity contribution in [3.63, 3.8) is 0 Å². The lowest BCUT2D eigenvalue weighted by Gasteiger charge is -2.41. The summed E-state index contributed by atoms with van der Waals surface area (Å²) in [6.07, 6.45) is 4.19. The molecule has 1 unspecified atom stereocenters. The molecule has 2 saturated heterocycles. The van der Waals surface area contributed by atoms with E-state index in [1.54, 1.807) is 0 Å². The number of rotatable bonds is 11. The topological polar surface area (TPSA) is 107 Å². The summed E-state index contributed by atoms with van der Waals surface area (Å²) in [4.78, 5) is 38.5. The quantitative estimate of drug-likeness (QED) is 0.164. The van der Waals surface area contributed by atoms with Crippen molar-refractivity contribution in [2.75, 3.05) is 26.9 Å². The first-order valence-electron chi connectivity index (χ1n) is 12.7. The summed E-state index contributed by atoms with van der Waals surface area (Å²) in [6, 6.07) is 0. The van der Waals surface area contributed by atoms with E-state index in [1.165, 1.54) is 21.0 Å². The van der Waals surface area contributed by atoms with E-state index in [1.807, 2.05) is 6.08 Å². The zero-order valence-corrected chi connectivity index (χ0v) is 24.2. The Labute approximate surface area is 216 Å². The normalized spacial score (nSPS) is 22.6. The van der Waals surface area contributed by atoms with Crippen LogP contribution in [0.5, 0.6) is 0 Å². The summed E-state index contributed by atoms with van der Waals surface area (Å²) in [5, 5.41) is -0.0279. The number of esters is 3. The van der Waals surface area contributed by atoms with Gasteiger partial charge in [0.15, 0.2) is 20.0 Å². The van der Waals surface area contributed by atoms with Crippen LogP contribution in [0.15, 0.2) is 11.6 Å². The van der Waals surface area contributed by atoms with Gasteiger partial charge in [-0.25, -0.2) is 0 Å². The van der Waals surface area contributed by atoms with Gasteiger partial charge >= 0.3 is 17.9 Å². The molecule has 0 amide bonds. The van der Waals surface area contributed by atoms with Crippen molar-refractivity contribution in [3.8, 4) is 0 Å². The average molecular weight is 529 g/mol. The van der Waals surface area contributed by atoms with Gasteiger partial charge in [0.1, 0.15) is 0 Å². The van der Waals surface area contributed by atoms with Gasteiger partial charge in [-0.15, -0.1) is 0 Å². The molecular weight excluding hydrogens is 484 g/mol. The zero-order valence-electron chi connectivity index (χ0n) is 23.2. The van der Waals surface area contributed by atoms with Gasteiger partial charge < -0.3 is 28.1 Å². The van der Waals surface area contributed by atoms with Gasteiger partial charge in [-0.1, -0.05) is 26.8 Å². The molecule has 2 aliphatic rings. The highest BCUT2D eigenvalue weighted by molar-refractivity contribution is 6.74. The molecule has 2 fully saturated rings. The van der Waals surface area contributed by atoms with Gasteiger partial charge in [0, 0.05) is 26.9 Å². The van der Waals surface area contributed by atoms with Crippen LogP contribution in [-0.4, -0.2) is 65.2 Å². The van der Waals surface area contributed by atoms with E-state index in [0.29, 0.717) is 12.2 Å². The lowest BCUT2D eigenvalue weighted by atomic mass is 9.76. The lowest BCUT2D eigenvalue weighted by molar-refractivity contribution is -0.251. The molecule has 2 heterocycles. The fraction of sp³-hybridized carbons (Fsp3) is 0.808. The molecule has 9 nitrogen and oxygen atoms in total. The second kappa shape index (κ2) is 12.2. The third-order valence-corrected chi connectivity index (χ3v) is 11.7. The van der Waals surface area contributed by atoms with Crippen LogP contribution >= 0.6 is 0 Å². The van der Waals surface area contributed by atoms with Gasteiger partial charge in [0.25, 0.3) is 5.79 Å². The van der Waals surface area contributed by atoms with Crippen molar-refractivity contribution in [2.45, 2.75) is 103 Å². The Balaban J connectivity index is 2.32. The number of methoxy groups -OCH3 is 1. The van der Waals surface area contributed by atoms with Crippen LogP contribution in [0.4, 0.5) is 0 Å². The highest BCUT2D eigenvalue weighted by Gasteiger charge is 2.56. The minimum Gasteiger partial charge on any atom is -0.469 e. The molecule has 0 saturated carbocycles. The number of carbonyl (C=O) groups excluding carboxylic acids is 3. The van der Waals surface area contributed by atoms with Gasteiger partial charge in [-0.05, 0) is 55.8 Å². The maximum atomic E-state index is 13.3. The lowest BCUT2D eigenvalue weighted by Crippen LogP contribution is -2.54. The molecule has 10 heteroatoms. The van der Waals surface area contributed by atoms with Crippen LogP contribution in [0.25, 0.3) is 0 Å². The summed E-state index contributed by atoms with van der Waals surface area (Å²) in [5.41, 5.74) is -0.984. The standard InChI is InChI=1S/C26H44O9Si/c1-24(2,3)36(7,8)33-18-19(13-16-32-21-11-9-10-15-31-21)17-26(14-12-20(27)30-6)22(28)34-25(4,5)35-23(26)29/h13,21H,9-12,14-18H2,1-8H3/b19-13-. The van der Waals surface area contributed by atoms with Gasteiger partial charge in [-0.3, -0.25) is 14.4 Å². The first-order chi connectivity index (χ1) is 16.6. The predicted octanol–water partition coefficient (Wildman–Crippen LogP) is 4.64. The fourth-order valence-corrected chi connectivity index (χ4v) is 4.75. The van der Waals surface area contributed by atoms with Gasteiger partial charge in [0.05, 0.1) is 20.3 Å². The van der Waals surface area contributed by atoms with E-state index in [2.05, 4.69) is 33.9 Å². The maximum absolute atomic E-state index is 13.3. The Morgan fingerprint density at radius 1 is 1.14 bits per heavy atom. The Kier molecular flexibility index (Phi) is 10.3. The summed E-state index contributed by atoms with van der Waals surface area (Å²) in [7, 11) is -0.879. The zero-order chi connectivity index (χ0) is 27.2. The number of hydrogen-bond donors (Lipinski definition) is 0. The van der Waals surface area contributed by atoms with Crippen LogP contribution in [0, 0.1) is 5.41 Å². The average Bonchev–Trinajstić information content (AvgIpc) is 2.77. The summed E-state index contributed by atoms with van der Waals surface area (Å²) < 4.78 is 33.7. The van der Waals surface area contributed by atoms with Crippen LogP contribution in [-0.2, 0) is 42.5 Å². The number of ether oxygens (including phenoxy) is 5. The molecular formula is C26H44O9Si. The predicted molar refractivity (Wildman–Crippen MR) is 135 cm³/mol. The number of carbonyl (C=O) groups is 3. The maximum Gasteiger partial charge on any atom is 0.327 e. The van der Waals surface area contributed by atoms with E-state index in [0.717, 1.165) is 19.3 Å². The Bertz CT molecular complexity index is 800. The van der Waals surface area contributed by atoms with Crippen molar-refractivity contribution in [1.29, 1.82) is 0 Å². The first-order valence-corrected chi connectivity index (χ1v) is 15.6. The van der Waals surface area contributed by atoms with Crippen molar-refractivity contribution in [3.05, 3.63) is 11.6 Å². The van der Waals surface area contributed by atoms with Crippen molar-refractivity contribution in [2.24, 2.45) is 5.41 Å². The van der Waals surface area contributed by atoms with Crippen LogP contribution in [0.1, 0.15) is 73.1 Å². The second-order valence-electron chi connectivity index (χ2n) is 11.6. The highest BCUT2D eigenvalue weighted by atomic mass is 28.4. The van der Waals surface area contributed by atoms with Crippen molar-refractivity contribution in [1.82, 2.24) is 0 Å². The monoisotopic (exact) mass is 528 g/mol. The summed E-state index contributed by atoms with van der Waals surface area (Å²) in [5.74, 6) is -3.35. The number of cyclic esters (lactones) is 2. The highest BCUT2D eigenvalue weighted by Crippen LogP contribution is 2.42. The largest absolute Gasteiger partial charge is 0.469 e. The van der Waals surface area contributed by atoms with Crippen LogP contribution in [0.2, 0.25) is 18.1 Å². The molecule has 36 heavy (non-hydrogen) atoms. The smallest absolute Gasteiger partial charge is 0.327 e. The Morgan fingerprint density at radius 2 is 1.78 bits per heavy atom. The van der Waals surface area contributed by atoms with Crippen LogP contribution in [0.3, 0.4) is 0 Å². The second-order valence-corrected chi connectivity index (χ2v) is 16.4. The van der Waals surface area contributed by atoms with E-state index in [9.17, 15) is 14.4 Å². The minimum atomic E-state index is -2.14. The first kappa shape index (κ1) is 30.5. The van der Waals surface area contributed by atoms with E-state index in [-0.39, 0.29) is 43.8 Å². The Hall–Kier alpha value is -1.75. The molecule has 1 atom stereocenters. The molecule has 0 N–H and O–H groups in total. The molecule has 0 bridgehead atoms. The minimum absolute atomic E-state index is 0.0127. The van der Waals surface area contributed by atoms with Crippen molar-refractivity contribution < 1.29 is 42.5 Å². The summed E-state index contributed by atoms with van der Waals surface area (Å²) in [6.45, 7) is 14.8. The molecule has 0 aliphatic carbocycles. The number of hydrogen-bond acceptors (Lipinski definition) is 9. The van der Waals surface area contributed by atoms with Gasteiger partial charge in [0.2, 0.25) is 0 Å². The van der Waals surface area contributed by atoms with Crippen LogP contribution < -0.4 is 0 Å². The molecule has 0 radical (unpaired) electrons. The summed E-state index contributed by atoms with van der Waals surface area (Å²) >= 11 is 0.